The van der Waals surface area contributed by atoms with Gasteiger partial charge in [-0.1, -0.05) is 13.2 Å². The fraction of sp³-hybridized carbons (Fsp3) is 0.222. The van der Waals surface area contributed by atoms with Crippen LogP contribution >= 0.6 is 0 Å². The molecule has 0 radical (unpaired) electrons. The molecule has 0 aromatic heterocycles. The Hall–Kier alpha value is -3.26. The number of ketones is 1. The summed E-state index contributed by atoms with van der Waals surface area (Å²) >= 11 is 0. The van der Waals surface area contributed by atoms with Crippen molar-refractivity contribution in [3.05, 3.63) is 59.1 Å². The first-order valence-electron chi connectivity index (χ1n) is 7.27. The number of allylic oxidation sites excluding steroid dienone is 2. The minimum Gasteiger partial charge on any atom is -0.478 e. The first kappa shape index (κ1) is 20.8. The molecule has 0 heterocycles. The molecule has 0 spiro atoms. The van der Waals surface area contributed by atoms with Crippen LogP contribution in [0.4, 0.5) is 0 Å². The topological polar surface area (TPSA) is 116 Å². The van der Waals surface area contributed by atoms with Crippen molar-refractivity contribution in [2.24, 2.45) is 0 Å². The number of carboxylic acid groups (broad SMARTS) is 1. The molecular weight excluding hydrogens is 344 g/mol. The molecule has 0 amide bonds. The Morgan fingerprint density at radius 3 is 1.65 bits per heavy atom. The number of hydrogen-bond donors (Lipinski definition) is 1. The molecule has 0 fully saturated rings. The van der Waals surface area contributed by atoms with E-state index in [-0.39, 0.29) is 28.2 Å². The van der Waals surface area contributed by atoms with Crippen molar-refractivity contribution in [1.29, 1.82) is 0 Å². The van der Waals surface area contributed by atoms with Gasteiger partial charge in [0.2, 0.25) is 0 Å². The molecule has 0 bridgehead atoms. The summed E-state index contributed by atoms with van der Waals surface area (Å²) in [6.07, 6.45) is 0. The Morgan fingerprint density at radius 1 is 0.885 bits per heavy atom. The van der Waals surface area contributed by atoms with Gasteiger partial charge < -0.3 is 19.3 Å². The lowest BCUT2D eigenvalue weighted by molar-refractivity contribution is 0.0580. The van der Waals surface area contributed by atoms with Crippen LogP contribution < -0.4 is 0 Å². The van der Waals surface area contributed by atoms with Crippen molar-refractivity contribution in [2.75, 3.05) is 13.7 Å². The standard InChI is InChI=1S/C18H18O8/c1-9(2)25-17(22)13-6-11(15(19)8-24-5)12(16(20)21)7-14(13)18(23)26-10(3)4/h6-7H,1,3,8H2,2,4-5H3,(H,20,21). The van der Waals surface area contributed by atoms with Gasteiger partial charge in [-0.2, -0.15) is 0 Å². The highest BCUT2D eigenvalue weighted by Crippen LogP contribution is 2.22. The normalized spacial score (nSPS) is 9.96. The smallest absolute Gasteiger partial charge is 0.344 e. The van der Waals surface area contributed by atoms with E-state index in [0.717, 1.165) is 12.1 Å². The van der Waals surface area contributed by atoms with E-state index in [1.807, 2.05) is 0 Å². The molecular formula is C18H18O8. The van der Waals surface area contributed by atoms with Gasteiger partial charge in [-0.15, -0.1) is 0 Å². The lowest BCUT2D eigenvalue weighted by Gasteiger charge is -2.13. The minimum absolute atomic E-state index is 0.0330. The maximum Gasteiger partial charge on any atom is 0.344 e. The molecule has 0 aliphatic rings. The van der Waals surface area contributed by atoms with Crippen LogP contribution in [0.1, 0.15) is 55.3 Å². The number of hydrogen-bond acceptors (Lipinski definition) is 7. The molecule has 0 unspecified atom stereocenters. The zero-order valence-corrected chi connectivity index (χ0v) is 14.6. The highest BCUT2D eigenvalue weighted by atomic mass is 16.5. The number of ether oxygens (including phenoxy) is 3. The van der Waals surface area contributed by atoms with E-state index in [0.29, 0.717) is 0 Å². The summed E-state index contributed by atoms with van der Waals surface area (Å²) in [5.74, 6) is -4.08. The Morgan fingerprint density at radius 2 is 1.31 bits per heavy atom. The molecule has 0 atom stereocenters. The third kappa shape index (κ3) is 5.12. The molecule has 1 aromatic carbocycles. The monoisotopic (exact) mass is 362 g/mol. The molecule has 1 N–H and O–H groups in total. The minimum atomic E-state index is -1.46. The highest BCUT2D eigenvalue weighted by Gasteiger charge is 2.27. The lowest BCUT2D eigenvalue weighted by atomic mass is 9.95. The van der Waals surface area contributed by atoms with Crippen molar-refractivity contribution in [2.45, 2.75) is 13.8 Å². The molecule has 8 nitrogen and oxygen atoms in total. The number of esters is 2. The second-order valence-electron chi connectivity index (χ2n) is 5.29. The average Bonchev–Trinajstić information content (AvgIpc) is 2.52. The maximum absolute atomic E-state index is 12.3. The summed E-state index contributed by atoms with van der Waals surface area (Å²) in [6, 6.07) is 1.84. The molecule has 0 saturated heterocycles. The first-order chi connectivity index (χ1) is 12.1. The Bertz CT molecular complexity index is 804. The Balaban J connectivity index is 3.66. The number of carbonyl (C=O) groups is 4. The van der Waals surface area contributed by atoms with Gasteiger partial charge in [-0.3, -0.25) is 4.79 Å². The van der Waals surface area contributed by atoms with Crippen LogP contribution in [-0.4, -0.2) is 42.5 Å². The molecule has 0 aliphatic heterocycles. The van der Waals surface area contributed by atoms with Gasteiger partial charge in [0, 0.05) is 12.7 Å². The number of carboxylic acids is 1. The summed E-state index contributed by atoms with van der Waals surface area (Å²) in [6.45, 7) is 9.23. The van der Waals surface area contributed by atoms with Gasteiger partial charge in [0.25, 0.3) is 0 Å². The molecule has 1 rings (SSSR count). The van der Waals surface area contributed by atoms with Crippen LogP contribution in [-0.2, 0) is 14.2 Å². The number of rotatable bonds is 8. The summed E-state index contributed by atoms with van der Waals surface area (Å²) in [5.41, 5.74) is -1.51. The quantitative estimate of drug-likeness (QED) is 0.426. The highest BCUT2D eigenvalue weighted by molar-refractivity contribution is 6.12. The molecule has 8 heteroatoms. The van der Waals surface area contributed by atoms with E-state index >= 15 is 0 Å². The van der Waals surface area contributed by atoms with Crippen LogP contribution in [0, 0.1) is 0 Å². The van der Waals surface area contributed by atoms with Crippen LogP contribution in [0.5, 0.6) is 0 Å². The lowest BCUT2D eigenvalue weighted by Crippen LogP contribution is -2.19. The van der Waals surface area contributed by atoms with Gasteiger partial charge in [0.05, 0.1) is 28.2 Å². The van der Waals surface area contributed by atoms with Crippen molar-refractivity contribution in [3.8, 4) is 0 Å². The number of aromatic carboxylic acids is 1. The number of Topliss-reactive ketones (excluding diaryl/α,β-unsaturated/α-hetero) is 1. The predicted octanol–water partition coefficient (Wildman–Crippen LogP) is 2.59. The largest absolute Gasteiger partial charge is 0.478 e. The van der Waals surface area contributed by atoms with Crippen molar-refractivity contribution < 1.29 is 38.5 Å². The van der Waals surface area contributed by atoms with Gasteiger partial charge in [0.1, 0.15) is 6.61 Å². The van der Waals surface area contributed by atoms with Gasteiger partial charge in [-0.05, 0) is 26.0 Å². The zero-order valence-electron chi connectivity index (χ0n) is 14.6. The molecule has 0 saturated carbocycles. The third-order valence-corrected chi connectivity index (χ3v) is 2.94. The summed E-state index contributed by atoms with van der Waals surface area (Å²) in [5, 5.41) is 9.35. The van der Waals surface area contributed by atoms with E-state index in [1.54, 1.807) is 0 Å². The van der Waals surface area contributed by atoms with E-state index in [2.05, 4.69) is 13.2 Å². The fourth-order valence-electron chi connectivity index (χ4n) is 1.98. The predicted molar refractivity (Wildman–Crippen MR) is 90.1 cm³/mol. The maximum atomic E-state index is 12.3. The molecule has 138 valence electrons. The Kier molecular flexibility index (Phi) is 6.97. The molecule has 1 aromatic rings. The van der Waals surface area contributed by atoms with Crippen molar-refractivity contribution in [1.82, 2.24) is 0 Å². The van der Waals surface area contributed by atoms with Gasteiger partial charge in [0.15, 0.2) is 5.78 Å². The molecule has 26 heavy (non-hydrogen) atoms. The van der Waals surface area contributed by atoms with E-state index in [4.69, 9.17) is 14.2 Å². The Labute approximate surface area is 149 Å². The third-order valence-electron chi connectivity index (χ3n) is 2.94. The van der Waals surface area contributed by atoms with E-state index in [9.17, 15) is 24.3 Å². The number of benzene rings is 1. The number of carbonyl (C=O) groups excluding carboxylic acids is 3. The molecule has 0 aliphatic carbocycles. The van der Waals surface area contributed by atoms with Crippen LogP contribution in [0.15, 0.2) is 36.8 Å². The van der Waals surface area contributed by atoms with E-state index < -0.39 is 35.9 Å². The van der Waals surface area contributed by atoms with Crippen LogP contribution in [0.3, 0.4) is 0 Å². The van der Waals surface area contributed by atoms with Gasteiger partial charge in [-0.25, -0.2) is 14.4 Å². The first-order valence-corrected chi connectivity index (χ1v) is 7.27. The van der Waals surface area contributed by atoms with Crippen LogP contribution in [0.25, 0.3) is 0 Å². The summed E-state index contributed by atoms with van der Waals surface area (Å²) in [7, 11) is 1.26. The van der Waals surface area contributed by atoms with Crippen LogP contribution in [0.2, 0.25) is 0 Å². The summed E-state index contributed by atoms with van der Waals surface area (Å²) < 4.78 is 14.4. The summed E-state index contributed by atoms with van der Waals surface area (Å²) in [4.78, 5) is 48.1. The average molecular weight is 362 g/mol. The van der Waals surface area contributed by atoms with E-state index in [1.165, 1.54) is 21.0 Å². The van der Waals surface area contributed by atoms with Gasteiger partial charge >= 0.3 is 17.9 Å². The second kappa shape index (κ2) is 8.72. The fourth-order valence-corrected chi connectivity index (χ4v) is 1.98. The SMILES string of the molecule is C=C(C)OC(=O)c1cc(C(=O)O)c(C(=O)COC)cc1C(=O)OC(=C)C. The number of methoxy groups -OCH3 is 1. The second-order valence-corrected chi connectivity index (χ2v) is 5.29. The zero-order chi connectivity index (χ0) is 20.0. The van der Waals surface area contributed by atoms with Crippen molar-refractivity contribution in [3.63, 3.8) is 0 Å². The van der Waals surface area contributed by atoms with Crippen molar-refractivity contribution >= 4 is 23.7 Å².